The molecule has 1 rings (SSSR count). The van der Waals surface area contributed by atoms with Gasteiger partial charge in [0.15, 0.2) is 0 Å². The Balaban J connectivity index is 2.66. The third-order valence-corrected chi connectivity index (χ3v) is 3.57. The van der Waals surface area contributed by atoms with E-state index in [4.69, 9.17) is 5.41 Å². The van der Waals surface area contributed by atoms with Crippen molar-refractivity contribution in [1.82, 2.24) is 0 Å². The molecule has 0 aliphatic heterocycles. The molecule has 3 nitrogen and oxygen atoms in total. The van der Waals surface area contributed by atoms with E-state index in [-0.39, 0.29) is 11.8 Å². The smallest absolute Gasteiger partial charge is 0.123 e. The van der Waals surface area contributed by atoms with Crippen LogP contribution in [0.4, 0.5) is 0 Å². The average Bonchev–Trinajstić information content (AvgIpc) is 2.23. The van der Waals surface area contributed by atoms with Crippen LogP contribution in [0.15, 0.2) is 0 Å². The molecule has 92 valence electrons. The first-order valence-electron chi connectivity index (χ1n) is 6.23. The molecule has 0 radical (unpaired) electrons. The second-order valence-electron chi connectivity index (χ2n) is 5.33. The number of hydrogen-bond acceptors (Lipinski definition) is 3. The van der Waals surface area contributed by atoms with E-state index in [1.165, 1.54) is 0 Å². The normalized spacial score (nSPS) is 38.1. The first-order valence-corrected chi connectivity index (χ1v) is 6.23. The molecule has 0 aromatic heterocycles. The highest BCUT2D eigenvalue weighted by atomic mass is 16.3. The van der Waals surface area contributed by atoms with Gasteiger partial charge in [-0.1, -0.05) is 13.8 Å². The van der Waals surface area contributed by atoms with Gasteiger partial charge in [0.25, 0.3) is 0 Å². The van der Waals surface area contributed by atoms with Crippen molar-refractivity contribution in [3.63, 3.8) is 0 Å². The number of nitrogens with one attached hydrogen (secondary N) is 1. The summed E-state index contributed by atoms with van der Waals surface area (Å²) < 4.78 is 0. The average molecular weight is 225 g/mol. The van der Waals surface area contributed by atoms with Crippen molar-refractivity contribution in [2.45, 2.75) is 52.1 Å². The zero-order valence-corrected chi connectivity index (χ0v) is 10.3. The molecule has 4 unspecified atom stereocenters. The van der Waals surface area contributed by atoms with Crippen molar-refractivity contribution in [3.05, 3.63) is 0 Å². The van der Waals surface area contributed by atoms with Crippen molar-refractivity contribution < 1.29 is 9.90 Å². The van der Waals surface area contributed by atoms with E-state index in [0.29, 0.717) is 25.2 Å². The van der Waals surface area contributed by atoms with Crippen molar-refractivity contribution in [3.8, 4) is 0 Å². The van der Waals surface area contributed by atoms with Crippen LogP contribution in [0.25, 0.3) is 0 Å². The van der Waals surface area contributed by atoms with Crippen molar-refractivity contribution in [2.24, 2.45) is 17.8 Å². The first-order chi connectivity index (χ1) is 7.52. The van der Waals surface area contributed by atoms with Crippen molar-refractivity contribution in [2.75, 3.05) is 0 Å². The molecule has 1 fully saturated rings. The topological polar surface area (TPSA) is 61.1 Å². The number of hydrogen-bond donors (Lipinski definition) is 2. The van der Waals surface area contributed by atoms with Crippen LogP contribution in [0.1, 0.15) is 46.0 Å². The Labute approximate surface area is 97.8 Å². The van der Waals surface area contributed by atoms with Gasteiger partial charge in [-0.2, -0.15) is 0 Å². The summed E-state index contributed by atoms with van der Waals surface area (Å²) in [6, 6.07) is 0. The molecule has 0 heterocycles. The third-order valence-electron chi connectivity index (χ3n) is 3.57. The van der Waals surface area contributed by atoms with E-state index in [2.05, 4.69) is 13.8 Å². The Morgan fingerprint density at radius 1 is 1.31 bits per heavy atom. The SMILES string of the molecule is CC1CC(C=O)CC(O)CCC(=N)C(C)C1. The lowest BCUT2D eigenvalue weighted by Gasteiger charge is -2.25. The molecule has 0 aromatic carbocycles. The minimum Gasteiger partial charge on any atom is -0.393 e. The predicted molar refractivity (Wildman–Crippen MR) is 64.7 cm³/mol. The lowest BCUT2D eigenvalue weighted by atomic mass is 9.82. The second kappa shape index (κ2) is 6.14. The maximum atomic E-state index is 10.9. The molecule has 0 saturated heterocycles. The van der Waals surface area contributed by atoms with Gasteiger partial charge < -0.3 is 15.3 Å². The van der Waals surface area contributed by atoms with Crippen LogP contribution in [0.3, 0.4) is 0 Å². The third kappa shape index (κ3) is 4.05. The van der Waals surface area contributed by atoms with Crippen LogP contribution in [0.5, 0.6) is 0 Å². The van der Waals surface area contributed by atoms with E-state index in [1.54, 1.807) is 0 Å². The maximum absolute atomic E-state index is 10.9. The minimum absolute atomic E-state index is 0.00974. The molecule has 4 atom stereocenters. The van der Waals surface area contributed by atoms with E-state index < -0.39 is 6.10 Å². The number of aliphatic hydroxyl groups excluding tert-OH is 1. The summed E-state index contributed by atoms with van der Waals surface area (Å²) in [7, 11) is 0. The molecule has 0 amide bonds. The number of aldehydes is 1. The van der Waals surface area contributed by atoms with Gasteiger partial charge in [0.1, 0.15) is 6.29 Å². The summed E-state index contributed by atoms with van der Waals surface area (Å²) in [4.78, 5) is 10.9. The molecule has 3 heteroatoms. The highest BCUT2D eigenvalue weighted by Gasteiger charge is 2.22. The fraction of sp³-hybridized carbons (Fsp3) is 0.846. The van der Waals surface area contributed by atoms with Gasteiger partial charge in [-0.25, -0.2) is 0 Å². The van der Waals surface area contributed by atoms with Crippen LogP contribution in [0, 0.1) is 23.2 Å². The maximum Gasteiger partial charge on any atom is 0.123 e. The summed E-state index contributed by atoms with van der Waals surface area (Å²) in [5, 5.41) is 17.7. The second-order valence-corrected chi connectivity index (χ2v) is 5.33. The molecular formula is C13H23NO2. The van der Waals surface area contributed by atoms with Gasteiger partial charge in [0, 0.05) is 11.6 Å². The van der Waals surface area contributed by atoms with Crippen LogP contribution in [0.2, 0.25) is 0 Å². The minimum atomic E-state index is -0.423. The van der Waals surface area contributed by atoms with Crippen LogP contribution in [-0.4, -0.2) is 23.2 Å². The number of rotatable bonds is 1. The summed E-state index contributed by atoms with van der Waals surface area (Å²) in [5.74, 6) is 0.730. The lowest BCUT2D eigenvalue weighted by Crippen LogP contribution is -2.23. The van der Waals surface area contributed by atoms with Crippen LogP contribution >= 0.6 is 0 Å². The van der Waals surface area contributed by atoms with E-state index >= 15 is 0 Å². The molecular weight excluding hydrogens is 202 g/mol. The highest BCUT2D eigenvalue weighted by Crippen LogP contribution is 2.26. The monoisotopic (exact) mass is 225 g/mol. The quantitative estimate of drug-likeness (QED) is 0.673. The number of aliphatic hydroxyl groups is 1. The zero-order chi connectivity index (χ0) is 12.1. The molecule has 1 aliphatic carbocycles. The number of carbonyl (C=O) groups excluding carboxylic acids is 1. The highest BCUT2D eigenvalue weighted by molar-refractivity contribution is 5.83. The van der Waals surface area contributed by atoms with Crippen molar-refractivity contribution in [1.29, 1.82) is 5.41 Å². The van der Waals surface area contributed by atoms with Crippen molar-refractivity contribution >= 4 is 12.0 Å². The number of carbonyl (C=O) groups is 1. The predicted octanol–water partition coefficient (Wildman–Crippen LogP) is 2.42. The molecule has 0 aromatic rings. The molecule has 1 aliphatic rings. The summed E-state index contributed by atoms with van der Waals surface area (Å²) in [6.45, 7) is 4.21. The largest absolute Gasteiger partial charge is 0.393 e. The standard InChI is InChI=1S/C13H23NO2/c1-9-5-10(2)13(14)4-3-12(16)7-11(6-9)8-15/h8-12,14,16H,3-7H2,1-2H3. The molecule has 1 saturated carbocycles. The summed E-state index contributed by atoms with van der Waals surface area (Å²) in [5.41, 5.74) is 0.746. The van der Waals surface area contributed by atoms with Crippen LogP contribution < -0.4 is 0 Å². The van der Waals surface area contributed by atoms with Gasteiger partial charge in [0.05, 0.1) is 6.10 Å². The zero-order valence-electron chi connectivity index (χ0n) is 10.3. The molecule has 0 bridgehead atoms. The lowest BCUT2D eigenvalue weighted by molar-refractivity contribution is -0.112. The molecule has 0 spiro atoms. The van der Waals surface area contributed by atoms with E-state index in [9.17, 15) is 9.90 Å². The van der Waals surface area contributed by atoms with Gasteiger partial charge in [-0.3, -0.25) is 0 Å². The fourth-order valence-corrected chi connectivity index (χ4v) is 2.60. The summed E-state index contributed by atoms with van der Waals surface area (Å²) >= 11 is 0. The Kier molecular flexibility index (Phi) is 5.13. The Hall–Kier alpha value is -0.700. The Bertz CT molecular complexity index is 252. The van der Waals surface area contributed by atoms with Gasteiger partial charge in [0.2, 0.25) is 0 Å². The fourth-order valence-electron chi connectivity index (χ4n) is 2.60. The van der Waals surface area contributed by atoms with Gasteiger partial charge in [-0.15, -0.1) is 0 Å². The first kappa shape index (κ1) is 13.4. The molecule has 16 heavy (non-hydrogen) atoms. The van der Waals surface area contributed by atoms with Gasteiger partial charge in [-0.05, 0) is 43.9 Å². The summed E-state index contributed by atoms with van der Waals surface area (Å²) in [6.07, 6.45) is 4.25. The van der Waals surface area contributed by atoms with E-state index in [0.717, 1.165) is 24.8 Å². The van der Waals surface area contributed by atoms with Gasteiger partial charge >= 0.3 is 0 Å². The Morgan fingerprint density at radius 2 is 2.00 bits per heavy atom. The molecule has 2 N–H and O–H groups in total. The van der Waals surface area contributed by atoms with Crippen LogP contribution in [-0.2, 0) is 4.79 Å². The Morgan fingerprint density at radius 3 is 2.62 bits per heavy atom. The van der Waals surface area contributed by atoms with E-state index in [1.807, 2.05) is 0 Å².